The number of hydrogen-bond donors (Lipinski definition) is 5. The maximum absolute atomic E-state index is 12.7. The van der Waals surface area contributed by atoms with Crippen LogP contribution in [0, 0.1) is 0 Å². The number of rotatable bonds is 13. The van der Waals surface area contributed by atoms with Crippen molar-refractivity contribution < 1.29 is 29.4 Å². The van der Waals surface area contributed by atoms with E-state index in [0.29, 0.717) is 31.6 Å². The number of nitrogens with zero attached hydrogens (tertiary/aromatic N) is 2. The summed E-state index contributed by atoms with van der Waals surface area (Å²) in [4.78, 5) is 49.5. The van der Waals surface area contributed by atoms with E-state index < -0.39 is 24.0 Å². The number of hydrogen-bond acceptors (Lipinski definition) is 6. The fourth-order valence-corrected chi connectivity index (χ4v) is 3.38. The van der Waals surface area contributed by atoms with E-state index in [9.17, 15) is 24.3 Å². The number of nitrogens with two attached hydrogens (primary N) is 1. The summed E-state index contributed by atoms with van der Waals surface area (Å²) in [5, 5.41) is 25.2. The third-order valence-electron chi connectivity index (χ3n) is 5.44. The number of fused-ring (bicyclic) bond motifs is 1. The van der Waals surface area contributed by atoms with Crippen molar-refractivity contribution in [3.8, 4) is 0 Å². The topological polar surface area (TPSA) is 174 Å². The molecule has 0 aliphatic carbocycles. The van der Waals surface area contributed by atoms with Crippen molar-refractivity contribution in [2.45, 2.75) is 58.0 Å². The van der Waals surface area contributed by atoms with Gasteiger partial charge in [0.05, 0.1) is 12.5 Å². The molecule has 0 saturated carbocycles. The highest BCUT2D eigenvalue weighted by atomic mass is 16.4. The molecule has 2 rings (SSSR count). The normalized spacial score (nSPS) is 12.1. The summed E-state index contributed by atoms with van der Waals surface area (Å²) < 4.78 is 0. The number of carbonyl (C=O) groups is 4. The summed E-state index contributed by atoms with van der Waals surface area (Å²) in [6.07, 6.45) is 2.04. The predicted molar refractivity (Wildman–Crippen MR) is 154 cm³/mol. The van der Waals surface area contributed by atoms with Gasteiger partial charge < -0.3 is 36.3 Å². The molecule has 0 spiro atoms. The van der Waals surface area contributed by atoms with Gasteiger partial charge in [0.15, 0.2) is 5.96 Å². The van der Waals surface area contributed by atoms with Gasteiger partial charge in [-0.15, -0.1) is 0 Å². The van der Waals surface area contributed by atoms with Crippen LogP contribution in [0.5, 0.6) is 0 Å². The van der Waals surface area contributed by atoms with Gasteiger partial charge in [0.1, 0.15) is 12.3 Å². The lowest BCUT2D eigenvalue weighted by Gasteiger charge is -2.20. The number of aliphatic carboxylic acids is 2. The van der Waals surface area contributed by atoms with Crippen molar-refractivity contribution in [2.75, 3.05) is 27.7 Å². The fourth-order valence-electron chi connectivity index (χ4n) is 3.38. The van der Waals surface area contributed by atoms with Crippen molar-refractivity contribution in [1.29, 1.82) is 0 Å². The van der Waals surface area contributed by atoms with Crippen LogP contribution in [0.15, 0.2) is 47.5 Å². The summed E-state index contributed by atoms with van der Waals surface area (Å²) in [5.74, 6) is -1.89. The average molecular weight is 546 g/mol. The van der Waals surface area contributed by atoms with Gasteiger partial charge in [-0.25, -0.2) is 4.79 Å². The lowest BCUT2D eigenvalue weighted by atomic mass is 9.98. The monoisotopic (exact) mass is 545 g/mol. The van der Waals surface area contributed by atoms with Gasteiger partial charge in [0.25, 0.3) is 0 Å². The number of nitrogens with one attached hydrogen (secondary N) is 2. The Bertz CT molecular complexity index is 1070. The first-order chi connectivity index (χ1) is 18.6. The second kappa shape index (κ2) is 20.0. The van der Waals surface area contributed by atoms with E-state index in [1.54, 1.807) is 11.9 Å². The molecule has 0 radical (unpaired) electrons. The van der Waals surface area contributed by atoms with Gasteiger partial charge in [0, 0.05) is 33.5 Å². The smallest absolute Gasteiger partial charge is 0.326 e. The molecule has 0 heterocycles. The molecule has 0 aliphatic heterocycles. The maximum Gasteiger partial charge on any atom is 0.326 e. The molecule has 0 aromatic heterocycles. The Morgan fingerprint density at radius 3 is 2.23 bits per heavy atom. The summed E-state index contributed by atoms with van der Waals surface area (Å²) in [6.45, 7) is 4.49. The molecule has 11 heteroatoms. The quantitative estimate of drug-likeness (QED) is 0.109. The second-order valence-corrected chi connectivity index (χ2v) is 8.46. The number of aliphatic imine (C=N–C) groups is 1. The van der Waals surface area contributed by atoms with E-state index in [2.05, 4.69) is 15.6 Å². The summed E-state index contributed by atoms with van der Waals surface area (Å²) >= 11 is 0. The number of aldehydes is 1. The molecule has 2 unspecified atom stereocenters. The van der Waals surface area contributed by atoms with Gasteiger partial charge >= 0.3 is 11.9 Å². The van der Waals surface area contributed by atoms with E-state index >= 15 is 0 Å². The molecule has 0 aliphatic rings. The minimum atomic E-state index is -1.06. The molecule has 39 heavy (non-hydrogen) atoms. The van der Waals surface area contributed by atoms with Crippen LogP contribution in [0.1, 0.15) is 45.1 Å². The molecule has 0 saturated heterocycles. The number of guanidine groups is 1. The molecule has 2 aromatic rings. The summed E-state index contributed by atoms with van der Waals surface area (Å²) in [6, 6.07) is 12.1. The molecule has 2 aromatic carbocycles. The Labute approximate surface area is 230 Å². The van der Waals surface area contributed by atoms with Gasteiger partial charge in [-0.05, 0) is 36.2 Å². The molecule has 6 N–H and O–H groups in total. The van der Waals surface area contributed by atoms with E-state index in [4.69, 9.17) is 10.8 Å². The van der Waals surface area contributed by atoms with E-state index in [1.165, 1.54) is 0 Å². The highest BCUT2D eigenvalue weighted by Crippen LogP contribution is 2.20. The Morgan fingerprint density at radius 1 is 1.05 bits per heavy atom. The Kier molecular flexibility index (Phi) is 18.0. The predicted octanol–water partition coefficient (Wildman–Crippen LogP) is 2.27. The van der Waals surface area contributed by atoms with Gasteiger partial charge in [-0.1, -0.05) is 56.3 Å². The zero-order valence-electron chi connectivity index (χ0n) is 23.5. The zero-order valence-corrected chi connectivity index (χ0v) is 23.5. The lowest BCUT2D eigenvalue weighted by Crippen LogP contribution is -2.50. The first-order valence-electron chi connectivity index (χ1n) is 12.9. The van der Waals surface area contributed by atoms with Crippen molar-refractivity contribution >= 4 is 40.9 Å². The van der Waals surface area contributed by atoms with Gasteiger partial charge in [-0.2, -0.15) is 0 Å². The molecular weight excluding hydrogens is 502 g/mol. The van der Waals surface area contributed by atoms with Gasteiger partial charge in [-0.3, -0.25) is 14.6 Å². The van der Waals surface area contributed by atoms with Crippen molar-refractivity contribution in [3.63, 3.8) is 0 Å². The second-order valence-electron chi connectivity index (χ2n) is 8.46. The molecule has 2 atom stereocenters. The average Bonchev–Trinajstić information content (AvgIpc) is 2.92. The Balaban J connectivity index is 0.00000139. The molecule has 216 valence electrons. The fraction of sp³-hybridized carbons (Fsp3) is 0.464. The van der Waals surface area contributed by atoms with Crippen LogP contribution in [0.25, 0.3) is 10.8 Å². The number of carboxylic acid groups (broad SMARTS) is 2. The molecular formula is C28H43N5O6. The van der Waals surface area contributed by atoms with Crippen molar-refractivity contribution in [1.82, 2.24) is 15.5 Å². The molecule has 0 fully saturated rings. The molecule has 11 nitrogen and oxygen atoms in total. The maximum atomic E-state index is 12.7. The number of amides is 1. The number of likely N-dealkylation sites (N-methyl/N-ethyl adjacent to an activating group) is 1. The molecule has 1 amide bonds. The van der Waals surface area contributed by atoms with Crippen LogP contribution in [-0.2, 0) is 25.6 Å². The number of carboxylic acids is 2. The van der Waals surface area contributed by atoms with Crippen LogP contribution in [0.3, 0.4) is 0 Å². The first kappa shape index (κ1) is 35.0. The zero-order chi connectivity index (χ0) is 29.8. The summed E-state index contributed by atoms with van der Waals surface area (Å²) in [5.41, 5.74) is 6.64. The van der Waals surface area contributed by atoms with Crippen LogP contribution < -0.4 is 16.4 Å². The van der Waals surface area contributed by atoms with E-state index in [-0.39, 0.29) is 25.2 Å². The lowest BCUT2D eigenvalue weighted by molar-refractivity contribution is -0.142. The van der Waals surface area contributed by atoms with Crippen LogP contribution in [-0.4, -0.2) is 85.0 Å². The van der Waals surface area contributed by atoms with Crippen LogP contribution in [0.4, 0.5) is 0 Å². The summed E-state index contributed by atoms with van der Waals surface area (Å²) in [7, 11) is 5.30. The first-order valence-corrected chi connectivity index (χ1v) is 12.9. The van der Waals surface area contributed by atoms with Crippen LogP contribution >= 0.6 is 0 Å². The van der Waals surface area contributed by atoms with Crippen molar-refractivity contribution in [2.24, 2.45) is 10.7 Å². The third kappa shape index (κ3) is 13.9. The van der Waals surface area contributed by atoms with E-state index in [0.717, 1.165) is 16.3 Å². The minimum absolute atomic E-state index is 0.0521. The standard InChI is InChI=1S/C22H31N5O3.C4H6O3.C2H6/c1-24-18(12-7-13-25-22(23)27(2)3)20(28)26-19(21(29)30)14-16-10-6-9-15-8-4-5-11-17(15)16;5-3-1-2-4(6)7;1-2/h4-6,8-11,18-19,24H,7,12-14H2,1-3H3,(H2,23,25)(H,26,28)(H,29,30);3H,1-2H2,(H,6,7);1-2H3. The third-order valence-corrected chi connectivity index (χ3v) is 5.44. The molecule has 0 bridgehead atoms. The highest BCUT2D eigenvalue weighted by molar-refractivity contribution is 5.89. The Hall–Kier alpha value is -3.99. The highest BCUT2D eigenvalue weighted by Gasteiger charge is 2.25. The Morgan fingerprint density at radius 2 is 1.69 bits per heavy atom. The van der Waals surface area contributed by atoms with Crippen LogP contribution in [0.2, 0.25) is 0 Å². The number of carbonyl (C=O) groups excluding carboxylic acids is 2. The van der Waals surface area contributed by atoms with E-state index in [1.807, 2.05) is 70.4 Å². The minimum Gasteiger partial charge on any atom is -0.481 e. The van der Waals surface area contributed by atoms with Crippen molar-refractivity contribution in [3.05, 3.63) is 48.0 Å². The number of benzene rings is 2. The SMILES string of the molecule is CC.CNC(CCCN=C(N)N(C)C)C(=O)NC(Cc1cccc2ccccc12)C(=O)O.O=CCCC(=O)O. The van der Waals surface area contributed by atoms with Gasteiger partial charge in [0.2, 0.25) is 5.91 Å². The largest absolute Gasteiger partial charge is 0.481 e.